The van der Waals surface area contributed by atoms with Crippen LogP contribution in [0.5, 0.6) is 0 Å². The number of alkyl halides is 1. The smallest absolute Gasteiger partial charge is 0.411 e. The van der Waals surface area contributed by atoms with Crippen molar-refractivity contribution < 1.29 is 23.8 Å². The van der Waals surface area contributed by atoms with Crippen LogP contribution in [0.15, 0.2) is 0 Å². The number of amides is 1. The molecule has 1 N–H and O–H groups in total. The van der Waals surface area contributed by atoms with Crippen molar-refractivity contribution in [3.05, 3.63) is 0 Å². The lowest BCUT2D eigenvalue weighted by Crippen LogP contribution is -2.52. The monoisotopic (exact) mass is 247 g/mol. The highest BCUT2D eigenvalue weighted by atomic mass is 19.1. The first-order chi connectivity index (χ1) is 7.56. The summed E-state index contributed by atoms with van der Waals surface area (Å²) in [5, 5.41) is 9.09. The van der Waals surface area contributed by atoms with E-state index in [-0.39, 0.29) is 13.0 Å². The van der Waals surface area contributed by atoms with Crippen molar-refractivity contribution >= 4 is 12.1 Å². The second kappa shape index (κ2) is 4.16. The Morgan fingerprint density at radius 1 is 1.47 bits per heavy atom. The quantitative estimate of drug-likeness (QED) is 0.767. The van der Waals surface area contributed by atoms with Gasteiger partial charge in [-0.3, -0.25) is 4.90 Å². The summed E-state index contributed by atoms with van der Waals surface area (Å²) < 4.78 is 18.4. The van der Waals surface area contributed by atoms with E-state index >= 15 is 0 Å². The van der Waals surface area contributed by atoms with Gasteiger partial charge in [-0.05, 0) is 27.7 Å². The summed E-state index contributed by atoms with van der Waals surface area (Å²) >= 11 is 0. The van der Waals surface area contributed by atoms with Gasteiger partial charge in [-0.15, -0.1) is 0 Å². The maximum absolute atomic E-state index is 13.3. The van der Waals surface area contributed by atoms with Gasteiger partial charge in [0.05, 0.1) is 6.54 Å². The molecule has 0 saturated carbocycles. The molecule has 1 amide bonds. The molecule has 0 aliphatic carbocycles. The van der Waals surface area contributed by atoms with Crippen LogP contribution in [-0.2, 0) is 9.53 Å². The predicted molar refractivity (Wildman–Crippen MR) is 58.5 cm³/mol. The molecular weight excluding hydrogens is 229 g/mol. The van der Waals surface area contributed by atoms with Crippen LogP contribution in [0.1, 0.15) is 34.1 Å². The Hall–Kier alpha value is -1.33. The fraction of sp³-hybridized carbons (Fsp3) is 0.818. The number of likely N-dealkylation sites (tertiary alicyclic amines) is 1. The van der Waals surface area contributed by atoms with Gasteiger partial charge < -0.3 is 9.84 Å². The number of carbonyl (C=O) groups is 2. The van der Waals surface area contributed by atoms with Gasteiger partial charge in [0.25, 0.3) is 0 Å². The number of hydrogen-bond acceptors (Lipinski definition) is 3. The van der Waals surface area contributed by atoms with Gasteiger partial charge in [0.2, 0.25) is 0 Å². The minimum absolute atomic E-state index is 0.207. The largest absolute Gasteiger partial charge is 0.480 e. The van der Waals surface area contributed by atoms with Crippen molar-refractivity contribution in [1.82, 2.24) is 4.90 Å². The maximum Gasteiger partial charge on any atom is 0.411 e. The third kappa shape index (κ3) is 2.87. The molecule has 1 fully saturated rings. The summed E-state index contributed by atoms with van der Waals surface area (Å²) in [7, 11) is 0. The third-order valence-corrected chi connectivity index (χ3v) is 2.67. The minimum atomic E-state index is -1.53. The first-order valence-corrected chi connectivity index (χ1v) is 5.44. The first-order valence-electron chi connectivity index (χ1n) is 5.44. The topological polar surface area (TPSA) is 66.8 Å². The molecule has 1 aliphatic heterocycles. The minimum Gasteiger partial charge on any atom is -0.480 e. The molecule has 0 bridgehead atoms. The number of hydrogen-bond donors (Lipinski definition) is 1. The Morgan fingerprint density at radius 2 is 2.00 bits per heavy atom. The normalized spacial score (nSPS) is 29.2. The number of nitrogens with zero attached hydrogens (tertiary/aromatic N) is 1. The number of carbonyl (C=O) groups excluding carboxylic acids is 1. The molecule has 17 heavy (non-hydrogen) atoms. The van der Waals surface area contributed by atoms with Gasteiger partial charge in [0.15, 0.2) is 0 Å². The summed E-state index contributed by atoms with van der Waals surface area (Å²) in [5.41, 5.74) is -2.26. The standard InChI is InChI=1S/C11H18FNO4/c1-10(2,3)17-9(16)13-6-7(12)5-11(13,4)8(14)15/h7H,5-6H2,1-4H3,(H,14,15)/t7-,11-/m0/s1. The van der Waals surface area contributed by atoms with E-state index in [4.69, 9.17) is 9.84 Å². The van der Waals surface area contributed by atoms with Gasteiger partial charge in [-0.1, -0.05) is 0 Å². The Balaban J connectivity index is 2.88. The molecule has 0 aromatic carbocycles. The highest BCUT2D eigenvalue weighted by Crippen LogP contribution is 2.32. The molecule has 6 heteroatoms. The van der Waals surface area contributed by atoms with Gasteiger partial charge in [-0.25, -0.2) is 14.0 Å². The van der Waals surface area contributed by atoms with Crippen LogP contribution in [0.25, 0.3) is 0 Å². The predicted octanol–water partition coefficient (Wildman–Crippen LogP) is 1.81. The molecular formula is C11H18FNO4. The molecule has 0 radical (unpaired) electrons. The molecule has 0 aromatic heterocycles. The van der Waals surface area contributed by atoms with Gasteiger partial charge in [0, 0.05) is 6.42 Å². The second-order valence-corrected chi connectivity index (χ2v) is 5.47. The Bertz CT molecular complexity index is 339. The fourth-order valence-electron chi connectivity index (χ4n) is 1.80. The summed E-state index contributed by atoms with van der Waals surface area (Å²) in [4.78, 5) is 23.9. The highest BCUT2D eigenvalue weighted by molar-refractivity contribution is 5.85. The molecule has 1 saturated heterocycles. The van der Waals surface area contributed by atoms with Crippen LogP contribution in [0.2, 0.25) is 0 Å². The molecule has 1 rings (SSSR count). The lowest BCUT2D eigenvalue weighted by Gasteiger charge is -2.32. The van der Waals surface area contributed by atoms with Gasteiger partial charge in [0.1, 0.15) is 17.3 Å². The van der Waals surface area contributed by atoms with E-state index in [2.05, 4.69) is 0 Å². The number of carboxylic acids is 1. The average Bonchev–Trinajstić information content (AvgIpc) is 2.40. The van der Waals surface area contributed by atoms with E-state index in [1.54, 1.807) is 20.8 Å². The molecule has 1 heterocycles. The lowest BCUT2D eigenvalue weighted by atomic mass is 9.99. The van der Waals surface area contributed by atoms with E-state index in [1.165, 1.54) is 6.92 Å². The zero-order chi connectivity index (χ0) is 13.4. The van der Waals surface area contributed by atoms with E-state index in [9.17, 15) is 14.0 Å². The number of ether oxygens (including phenoxy) is 1. The van der Waals surface area contributed by atoms with Crippen LogP contribution in [0.3, 0.4) is 0 Å². The summed E-state index contributed by atoms with van der Waals surface area (Å²) in [5.74, 6) is -1.22. The number of halogens is 1. The van der Waals surface area contributed by atoms with Crippen molar-refractivity contribution in [2.75, 3.05) is 6.54 Å². The number of rotatable bonds is 1. The van der Waals surface area contributed by atoms with E-state index in [1.807, 2.05) is 0 Å². The SMILES string of the molecule is CC(C)(C)OC(=O)N1C[C@@H](F)C[C@@]1(C)C(=O)O. The van der Waals surface area contributed by atoms with Gasteiger partial charge in [-0.2, -0.15) is 0 Å². The molecule has 1 aliphatic rings. The molecule has 0 unspecified atom stereocenters. The van der Waals surface area contributed by atoms with E-state index < -0.39 is 29.4 Å². The Morgan fingerprint density at radius 3 is 2.41 bits per heavy atom. The maximum atomic E-state index is 13.3. The van der Waals surface area contributed by atoms with Crippen LogP contribution >= 0.6 is 0 Å². The third-order valence-electron chi connectivity index (χ3n) is 2.67. The van der Waals surface area contributed by atoms with Crippen molar-refractivity contribution in [3.8, 4) is 0 Å². The van der Waals surface area contributed by atoms with Crippen molar-refractivity contribution in [1.29, 1.82) is 0 Å². The number of carboxylic acid groups (broad SMARTS) is 1. The average molecular weight is 247 g/mol. The van der Waals surface area contributed by atoms with Crippen LogP contribution in [-0.4, -0.2) is 45.9 Å². The van der Waals surface area contributed by atoms with Crippen LogP contribution in [0, 0.1) is 0 Å². The molecule has 2 atom stereocenters. The Labute approximate surface area is 99.5 Å². The van der Waals surface area contributed by atoms with E-state index in [0.717, 1.165) is 4.90 Å². The number of aliphatic carboxylic acids is 1. The molecule has 0 spiro atoms. The molecule has 5 nitrogen and oxygen atoms in total. The summed E-state index contributed by atoms with van der Waals surface area (Å²) in [6.07, 6.45) is -2.33. The van der Waals surface area contributed by atoms with Crippen LogP contribution in [0.4, 0.5) is 9.18 Å². The zero-order valence-electron chi connectivity index (χ0n) is 10.5. The molecule has 98 valence electrons. The summed E-state index contributed by atoms with van der Waals surface area (Å²) in [6, 6.07) is 0. The van der Waals surface area contributed by atoms with Gasteiger partial charge >= 0.3 is 12.1 Å². The van der Waals surface area contributed by atoms with Crippen LogP contribution < -0.4 is 0 Å². The molecule has 0 aromatic rings. The fourth-order valence-corrected chi connectivity index (χ4v) is 1.80. The van der Waals surface area contributed by atoms with Crippen molar-refractivity contribution in [2.24, 2.45) is 0 Å². The first kappa shape index (κ1) is 13.7. The summed E-state index contributed by atoms with van der Waals surface area (Å²) in [6.45, 7) is 6.11. The van der Waals surface area contributed by atoms with Crippen molar-refractivity contribution in [2.45, 2.75) is 51.4 Å². The van der Waals surface area contributed by atoms with E-state index in [0.29, 0.717) is 0 Å². The van der Waals surface area contributed by atoms with Crippen molar-refractivity contribution in [3.63, 3.8) is 0 Å². The zero-order valence-corrected chi connectivity index (χ0v) is 10.5. The second-order valence-electron chi connectivity index (χ2n) is 5.47. The highest BCUT2D eigenvalue weighted by Gasteiger charge is 2.51. The lowest BCUT2D eigenvalue weighted by molar-refractivity contribution is -0.148. The Kier molecular flexibility index (Phi) is 3.36.